The summed E-state index contributed by atoms with van der Waals surface area (Å²) in [7, 11) is -13.6. The van der Waals surface area contributed by atoms with Crippen LogP contribution in [-0.4, -0.2) is 121 Å². The summed E-state index contributed by atoms with van der Waals surface area (Å²) >= 11 is 0. The van der Waals surface area contributed by atoms with Crippen molar-refractivity contribution in [3.8, 4) is 23.5 Å². The average molecular weight is 1020 g/mol. The molecule has 0 aromatic carbocycles. The van der Waals surface area contributed by atoms with E-state index in [1.807, 2.05) is 26.2 Å². The van der Waals surface area contributed by atoms with Gasteiger partial charge in [-0.2, -0.15) is 0 Å². The van der Waals surface area contributed by atoms with E-state index in [1.165, 1.54) is 12.1 Å². The molecule has 5 heterocycles. The molecule has 6 amide bonds. The molecule has 2 aromatic rings. The number of aryl methyl sites for hydroxylation is 2. The first-order valence-corrected chi connectivity index (χ1v) is 33.9. The molecule has 0 radical (unpaired) electrons. The molecule has 24 heteroatoms. The summed E-state index contributed by atoms with van der Waals surface area (Å²) in [5, 5.41) is 42.9. The third-order valence-electron chi connectivity index (χ3n) is 13.0. The van der Waals surface area contributed by atoms with Crippen LogP contribution >= 0.6 is 0 Å². The second-order valence-electron chi connectivity index (χ2n) is 18.7. The van der Waals surface area contributed by atoms with Gasteiger partial charge in [-0.05, 0) is 88.9 Å². The van der Waals surface area contributed by atoms with Crippen LogP contribution in [-0.2, 0) is 58.1 Å². The highest BCUT2D eigenvalue weighted by atomic mass is 28.5. The third kappa shape index (κ3) is 12.2. The van der Waals surface area contributed by atoms with E-state index in [9.17, 15) is 58.8 Å². The maximum absolute atomic E-state index is 13.2. The number of carbonyl (C=O) groups is 8. The zero-order valence-electron chi connectivity index (χ0n) is 40.5. The molecule has 0 aliphatic carbocycles. The summed E-state index contributed by atoms with van der Waals surface area (Å²) in [4.78, 5) is 103. The predicted octanol–water partition coefficient (Wildman–Crippen LogP) is 6.33. The van der Waals surface area contributed by atoms with Crippen molar-refractivity contribution in [2.45, 2.75) is 168 Å². The van der Waals surface area contributed by atoms with Gasteiger partial charge in [-0.25, -0.2) is 18.9 Å². The number of rotatable bonds is 20. The van der Waals surface area contributed by atoms with E-state index >= 15 is 0 Å². The molecule has 2 aromatic heterocycles. The Bertz CT molecular complexity index is 2150. The van der Waals surface area contributed by atoms with E-state index in [0.29, 0.717) is 61.0 Å². The van der Waals surface area contributed by atoms with Gasteiger partial charge in [-0.15, -0.1) is 0 Å². The maximum atomic E-state index is 13.2. The van der Waals surface area contributed by atoms with Crippen LogP contribution in [0.3, 0.4) is 0 Å². The molecule has 3 fully saturated rings. The van der Waals surface area contributed by atoms with Crippen molar-refractivity contribution < 1.29 is 75.2 Å². The number of nitrogens with zero attached hydrogens (tertiary/aromatic N) is 4. The Labute approximate surface area is 400 Å². The summed E-state index contributed by atoms with van der Waals surface area (Å²) in [6.45, 7) is 14.0. The fourth-order valence-electron chi connectivity index (χ4n) is 9.79. The van der Waals surface area contributed by atoms with Gasteiger partial charge in [-0.3, -0.25) is 38.4 Å². The number of carbonyl (C=O) groups excluding carboxylic acids is 8. The SMILES string of the molecule is CCC(=O)N1C(=O)CC(CCC[Si]2(C)O[Si](C)(CCCc3cc(O)n(C(=O)CC)c3O)O[Si](C)(CCCc3cc(O)n(C(=O)CC)c3O)O[Si](C)(CCCC3CC(=O)N(C(=O)CC)C3=O)O2)C1=O. The van der Waals surface area contributed by atoms with Gasteiger partial charge in [0, 0.05) is 73.6 Å². The van der Waals surface area contributed by atoms with Gasteiger partial charge in [0.25, 0.3) is 0 Å². The highest BCUT2D eigenvalue weighted by Crippen LogP contribution is 2.42. The quantitative estimate of drug-likeness (QED) is 0.0833. The minimum Gasteiger partial charge on any atom is -0.494 e. The van der Waals surface area contributed by atoms with Gasteiger partial charge < -0.3 is 36.9 Å². The van der Waals surface area contributed by atoms with Crippen molar-refractivity contribution in [1.82, 2.24) is 18.9 Å². The van der Waals surface area contributed by atoms with E-state index in [2.05, 4.69) is 0 Å². The van der Waals surface area contributed by atoms with Crippen molar-refractivity contribution in [2.24, 2.45) is 11.8 Å². The standard InChI is InChI=1S/C44H68N4O16Si4/c1-9-33(49)45-37(53)25-29(41(45)57)17-13-21-65(5)61-66(6,22-14-18-30-26-38(54)46(42(30)58)34(50)10-2)63-68(8,24-16-20-32-28-40(56)48(44(32)60)36(52)12-4)64-67(7,62-65)23-15-19-31-27-39(55)47(43(31)59)35(51)11-3/h25-26,31-32,53-54,57-58H,9-24,27-28H2,1-8H3. The highest BCUT2D eigenvalue weighted by molar-refractivity contribution is 6.93. The summed E-state index contributed by atoms with van der Waals surface area (Å²) < 4.78 is 30.9. The predicted molar refractivity (Wildman–Crippen MR) is 253 cm³/mol. The Balaban J connectivity index is 1.45. The molecular formula is C44H68N4O16Si4. The number of amides is 6. The van der Waals surface area contributed by atoms with Crippen molar-refractivity contribution >= 4 is 81.5 Å². The second-order valence-corrected chi connectivity index (χ2v) is 33.1. The lowest BCUT2D eigenvalue weighted by Gasteiger charge is -2.50. The Morgan fingerprint density at radius 3 is 1.10 bits per heavy atom. The van der Waals surface area contributed by atoms with Gasteiger partial charge >= 0.3 is 34.2 Å². The lowest BCUT2D eigenvalue weighted by molar-refractivity contribution is -0.152. The Morgan fingerprint density at radius 1 is 0.515 bits per heavy atom. The third-order valence-corrected chi connectivity index (χ3v) is 31.9. The lowest BCUT2D eigenvalue weighted by Crippen LogP contribution is -2.67. The molecule has 376 valence electrons. The molecule has 0 bridgehead atoms. The summed E-state index contributed by atoms with van der Waals surface area (Å²) in [6.07, 6.45) is 2.58. The summed E-state index contributed by atoms with van der Waals surface area (Å²) in [6, 6.07) is 4.09. The molecule has 0 saturated carbocycles. The van der Waals surface area contributed by atoms with Crippen LogP contribution in [0.2, 0.25) is 50.4 Å². The Morgan fingerprint density at radius 2 is 0.809 bits per heavy atom. The molecule has 3 saturated heterocycles. The molecular weight excluding hydrogens is 953 g/mol. The molecule has 20 nitrogen and oxygen atoms in total. The number of hydrogen-bond donors (Lipinski definition) is 4. The minimum absolute atomic E-state index is 0.00880. The summed E-state index contributed by atoms with van der Waals surface area (Å²) in [5.41, 5.74) is 0.709. The molecule has 3 aliphatic heterocycles. The van der Waals surface area contributed by atoms with Crippen molar-refractivity contribution in [3.05, 3.63) is 23.3 Å². The molecule has 0 spiro atoms. The molecule has 4 N–H and O–H groups in total. The van der Waals surface area contributed by atoms with E-state index in [-0.39, 0.29) is 87.7 Å². The van der Waals surface area contributed by atoms with E-state index in [4.69, 9.17) is 16.5 Å². The fourth-order valence-corrected chi connectivity index (χ4v) is 33.2. The van der Waals surface area contributed by atoms with Crippen molar-refractivity contribution in [3.63, 3.8) is 0 Å². The van der Waals surface area contributed by atoms with E-state index in [0.717, 1.165) is 18.9 Å². The topological polar surface area (TPSA) is 271 Å². The summed E-state index contributed by atoms with van der Waals surface area (Å²) in [5.74, 6) is -7.05. The fraction of sp³-hybridized carbons (Fsp3) is 0.636. The van der Waals surface area contributed by atoms with Crippen LogP contribution in [0.15, 0.2) is 12.1 Å². The molecule has 5 rings (SSSR count). The van der Waals surface area contributed by atoms with Crippen molar-refractivity contribution in [1.29, 1.82) is 0 Å². The number of hydrogen-bond acceptors (Lipinski definition) is 16. The van der Waals surface area contributed by atoms with Crippen molar-refractivity contribution in [2.75, 3.05) is 0 Å². The highest BCUT2D eigenvalue weighted by Gasteiger charge is 2.57. The van der Waals surface area contributed by atoms with Gasteiger partial charge in [0.1, 0.15) is 0 Å². The number of likely N-dealkylation sites (tertiary alicyclic amines) is 2. The number of aromatic nitrogens is 2. The molecule has 3 aliphatic rings. The second kappa shape index (κ2) is 22.0. The number of aromatic hydroxyl groups is 4. The first-order valence-electron chi connectivity index (χ1n) is 23.8. The monoisotopic (exact) mass is 1020 g/mol. The first kappa shape index (κ1) is 54.4. The molecule has 68 heavy (non-hydrogen) atoms. The maximum Gasteiger partial charge on any atom is 0.317 e. The van der Waals surface area contributed by atoms with E-state index < -0.39 is 93.3 Å². The van der Waals surface area contributed by atoms with Gasteiger partial charge in [-0.1, -0.05) is 40.5 Å². The van der Waals surface area contributed by atoms with Crippen LogP contribution in [0.4, 0.5) is 0 Å². The smallest absolute Gasteiger partial charge is 0.317 e. The first-order chi connectivity index (χ1) is 31.9. The van der Waals surface area contributed by atoms with Crippen LogP contribution in [0.1, 0.15) is 125 Å². The normalized spacial score (nSPS) is 26.7. The zero-order valence-corrected chi connectivity index (χ0v) is 44.5. The van der Waals surface area contributed by atoms with Gasteiger partial charge in [0.15, 0.2) is 0 Å². The lowest BCUT2D eigenvalue weighted by atomic mass is 10.0. The number of imide groups is 6. The molecule has 6 atom stereocenters. The van der Waals surface area contributed by atoms with Crippen LogP contribution in [0, 0.1) is 11.8 Å². The Hall–Kier alpha value is -4.57. The largest absolute Gasteiger partial charge is 0.494 e. The van der Waals surface area contributed by atoms with Crippen LogP contribution in [0.5, 0.6) is 23.5 Å². The average Bonchev–Trinajstić information content (AvgIpc) is 3.91. The van der Waals surface area contributed by atoms with Gasteiger partial charge in [0.05, 0.1) is 0 Å². The van der Waals surface area contributed by atoms with Crippen LogP contribution < -0.4 is 0 Å². The Kier molecular flexibility index (Phi) is 17.6. The van der Waals surface area contributed by atoms with Crippen LogP contribution in [0.25, 0.3) is 0 Å². The van der Waals surface area contributed by atoms with Gasteiger partial charge in [0.2, 0.25) is 70.8 Å². The molecule has 6 unspecified atom stereocenters. The minimum atomic E-state index is -3.41. The zero-order chi connectivity index (χ0) is 50.5. The van der Waals surface area contributed by atoms with E-state index in [1.54, 1.807) is 27.7 Å².